The number of hydrogen-bond donors (Lipinski definition) is 2. The molecule has 0 amide bonds. The molecule has 0 aromatic heterocycles. The molecule has 0 heterocycles. The quantitative estimate of drug-likeness (QED) is 0.166. The van der Waals surface area contributed by atoms with Gasteiger partial charge in [-0.1, -0.05) is 76.1 Å². The first-order valence-corrected chi connectivity index (χ1v) is 12.9. The van der Waals surface area contributed by atoms with Crippen molar-refractivity contribution in [2.75, 3.05) is 24.1 Å². The third-order valence-corrected chi connectivity index (χ3v) is 5.86. The lowest BCUT2D eigenvalue weighted by atomic mass is 10.1. The van der Waals surface area contributed by atoms with Crippen molar-refractivity contribution in [2.45, 2.75) is 65.2 Å². The first-order valence-electron chi connectivity index (χ1n) is 12.9. The van der Waals surface area contributed by atoms with Crippen LogP contribution in [-0.4, -0.2) is 13.2 Å². The first-order chi connectivity index (χ1) is 16.8. The van der Waals surface area contributed by atoms with Gasteiger partial charge < -0.3 is 20.3 Å². The second kappa shape index (κ2) is 14.9. The molecule has 0 atom stereocenters. The zero-order chi connectivity index (χ0) is 23.8. The highest BCUT2D eigenvalue weighted by atomic mass is 16.5. The minimum absolute atomic E-state index is 0.682. The van der Waals surface area contributed by atoms with Crippen LogP contribution in [0.2, 0.25) is 0 Å². The van der Waals surface area contributed by atoms with E-state index in [0.717, 1.165) is 35.9 Å². The van der Waals surface area contributed by atoms with Crippen LogP contribution in [0.4, 0.5) is 11.4 Å². The van der Waals surface area contributed by atoms with Gasteiger partial charge in [-0.15, -0.1) is 0 Å². The van der Waals surface area contributed by atoms with Crippen LogP contribution in [0.1, 0.15) is 65.2 Å². The van der Waals surface area contributed by atoms with Crippen molar-refractivity contribution >= 4 is 11.4 Å². The number of hydrazine groups is 1. The van der Waals surface area contributed by atoms with Crippen molar-refractivity contribution in [3.8, 4) is 22.6 Å². The summed E-state index contributed by atoms with van der Waals surface area (Å²) in [5.41, 5.74) is 10.9. The van der Waals surface area contributed by atoms with Crippen molar-refractivity contribution in [1.29, 1.82) is 0 Å². The van der Waals surface area contributed by atoms with E-state index < -0.39 is 0 Å². The Morgan fingerprint density at radius 1 is 0.500 bits per heavy atom. The Hall–Kier alpha value is -3.14. The molecule has 0 spiro atoms. The Balaban J connectivity index is 1.34. The number of benzene rings is 3. The van der Waals surface area contributed by atoms with Gasteiger partial charge in [0.05, 0.1) is 24.6 Å². The molecule has 0 saturated carbocycles. The van der Waals surface area contributed by atoms with Gasteiger partial charge in [0.1, 0.15) is 11.5 Å². The van der Waals surface area contributed by atoms with Crippen LogP contribution in [0, 0.1) is 0 Å². The van der Waals surface area contributed by atoms with E-state index in [1.54, 1.807) is 0 Å². The van der Waals surface area contributed by atoms with Crippen molar-refractivity contribution in [1.82, 2.24) is 0 Å². The molecule has 4 heteroatoms. The third-order valence-electron chi connectivity index (χ3n) is 5.86. The molecule has 3 aromatic rings. The largest absolute Gasteiger partial charge is 0.494 e. The summed E-state index contributed by atoms with van der Waals surface area (Å²) in [4.78, 5) is 0. The van der Waals surface area contributed by atoms with Gasteiger partial charge in [0.15, 0.2) is 0 Å². The predicted molar refractivity (Wildman–Crippen MR) is 145 cm³/mol. The highest BCUT2D eigenvalue weighted by Gasteiger charge is 2.01. The van der Waals surface area contributed by atoms with Crippen LogP contribution >= 0.6 is 0 Å². The van der Waals surface area contributed by atoms with E-state index in [2.05, 4.69) is 54.2 Å². The topological polar surface area (TPSA) is 42.5 Å². The van der Waals surface area contributed by atoms with Crippen LogP contribution in [0.5, 0.6) is 11.5 Å². The molecule has 34 heavy (non-hydrogen) atoms. The minimum Gasteiger partial charge on any atom is -0.494 e. The maximum absolute atomic E-state index is 5.89. The van der Waals surface area contributed by atoms with E-state index >= 15 is 0 Å². The Morgan fingerprint density at radius 2 is 0.941 bits per heavy atom. The van der Waals surface area contributed by atoms with E-state index in [0.29, 0.717) is 6.61 Å². The van der Waals surface area contributed by atoms with Crippen LogP contribution in [0.15, 0.2) is 72.8 Å². The van der Waals surface area contributed by atoms with Gasteiger partial charge in [-0.3, -0.25) is 0 Å². The average Bonchev–Trinajstić information content (AvgIpc) is 2.88. The zero-order valence-corrected chi connectivity index (χ0v) is 20.8. The Labute approximate surface area is 205 Å². The van der Waals surface area contributed by atoms with Gasteiger partial charge in [0, 0.05) is 0 Å². The molecule has 3 aromatic carbocycles. The lowest BCUT2D eigenvalue weighted by Crippen LogP contribution is -2.08. The lowest BCUT2D eigenvalue weighted by molar-refractivity contribution is 0.304. The number of anilines is 2. The van der Waals surface area contributed by atoms with Crippen molar-refractivity contribution in [2.24, 2.45) is 0 Å². The molecule has 0 aliphatic heterocycles. The summed E-state index contributed by atoms with van der Waals surface area (Å²) >= 11 is 0. The summed E-state index contributed by atoms with van der Waals surface area (Å²) in [6.07, 6.45) is 10.5. The van der Waals surface area contributed by atoms with Gasteiger partial charge in [0.25, 0.3) is 0 Å². The molecule has 0 unspecified atom stereocenters. The molecule has 4 nitrogen and oxygen atoms in total. The summed E-state index contributed by atoms with van der Waals surface area (Å²) < 4.78 is 11.4. The van der Waals surface area contributed by atoms with E-state index in [1.165, 1.54) is 56.1 Å². The fraction of sp³-hybridized carbons (Fsp3) is 0.400. The maximum Gasteiger partial charge on any atom is 0.119 e. The molecule has 0 saturated heterocycles. The van der Waals surface area contributed by atoms with Crippen LogP contribution in [-0.2, 0) is 0 Å². The molecular formula is C30H40N2O2. The van der Waals surface area contributed by atoms with Crippen molar-refractivity contribution in [3.05, 3.63) is 72.8 Å². The fourth-order valence-corrected chi connectivity index (χ4v) is 3.86. The molecule has 0 aliphatic carbocycles. The maximum atomic E-state index is 5.89. The molecule has 0 aliphatic rings. The molecule has 0 radical (unpaired) electrons. The normalized spacial score (nSPS) is 10.6. The van der Waals surface area contributed by atoms with E-state index in [1.807, 2.05) is 43.3 Å². The molecule has 0 fully saturated rings. The van der Waals surface area contributed by atoms with Crippen LogP contribution in [0.3, 0.4) is 0 Å². The third kappa shape index (κ3) is 9.01. The monoisotopic (exact) mass is 460 g/mol. The second-order valence-corrected chi connectivity index (χ2v) is 8.63. The van der Waals surface area contributed by atoms with Gasteiger partial charge in [-0.25, -0.2) is 0 Å². The number of rotatable bonds is 16. The first kappa shape index (κ1) is 25.5. The summed E-state index contributed by atoms with van der Waals surface area (Å²) in [5, 5.41) is 0. The van der Waals surface area contributed by atoms with Crippen molar-refractivity contribution in [3.63, 3.8) is 0 Å². The molecule has 0 bridgehead atoms. The van der Waals surface area contributed by atoms with Crippen LogP contribution < -0.4 is 20.3 Å². The smallest absolute Gasteiger partial charge is 0.119 e. The predicted octanol–water partition coefficient (Wildman–Crippen LogP) is 8.71. The molecular weight excluding hydrogens is 420 g/mol. The SMILES string of the molecule is CCCCCCCCCCOc1ccc(NNc2ccc(-c3ccc(OCC)cc3)cc2)cc1. The van der Waals surface area contributed by atoms with E-state index in [9.17, 15) is 0 Å². The Morgan fingerprint density at radius 3 is 1.50 bits per heavy atom. The average molecular weight is 461 g/mol. The number of unbranched alkanes of at least 4 members (excludes halogenated alkanes) is 7. The van der Waals surface area contributed by atoms with Crippen LogP contribution in [0.25, 0.3) is 11.1 Å². The van der Waals surface area contributed by atoms with Gasteiger partial charge >= 0.3 is 0 Å². The summed E-state index contributed by atoms with van der Waals surface area (Å²) in [6.45, 7) is 5.73. The zero-order valence-electron chi connectivity index (χ0n) is 20.8. The van der Waals surface area contributed by atoms with Gasteiger partial charge in [-0.05, 0) is 73.0 Å². The second-order valence-electron chi connectivity index (χ2n) is 8.63. The number of hydrogen-bond acceptors (Lipinski definition) is 4. The fourth-order valence-electron chi connectivity index (χ4n) is 3.86. The standard InChI is InChI=1S/C30H40N2O2/c1-3-5-6-7-8-9-10-11-24-34-30-22-18-28(19-23-30)32-31-27-16-12-25(13-17-27)26-14-20-29(21-15-26)33-4-2/h12-23,31-32H,3-11,24H2,1-2H3. The Bertz CT molecular complexity index is 922. The van der Waals surface area contributed by atoms with Gasteiger partial charge in [0.2, 0.25) is 0 Å². The summed E-state index contributed by atoms with van der Waals surface area (Å²) in [6, 6.07) is 24.7. The van der Waals surface area contributed by atoms with Crippen molar-refractivity contribution < 1.29 is 9.47 Å². The highest BCUT2D eigenvalue weighted by Crippen LogP contribution is 2.24. The van der Waals surface area contributed by atoms with E-state index in [-0.39, 0.29) is 0 Å². The highest BCUT2D eigenvalue weighted by molar-refractivity contribution is 5.67. The summed E-state index contributed by atoms with van der Waals surface area (Å²) in [7, 11) is 0. The van der Waals surface area contributed by atoms with E-state index in [4.69, 9.17) is 9.47 Å². The van der Waals surface area contributed by atoms with Gasteiger partial charge in [-0.2, -0.15) is 0 Å². The lowest BCUT2D eigenvalue weighted by Gasteiger charge is -2.12. The molecule has 182 valence electrons. The molecule has 2 N–H and O–H groups in total. The molecule has 3 rings (SSSR count). The summed E-state index contributed by atoms with van der Waals surface area (Å²) in [5.74, 6) is 1.83. The Kier molecular flexibility index (Phi) is 11.2. The minimum atomic E-state index is 0.682. The number of nitrogens with one attached hydrogen (secondary N) is 2. The number of ether oxygens (including phenoxy) is 2.